The Morgan fingerprint density at radius 3 is 2.56 bits per heavy atom. The molecule has 2 aromatic carbocycles. The summed E-state index contributed by atoms with van der Waals surface area (Å²) in [5, 5.41) is 15.5. The summed E-state index contributed by atoms with van der Waals surface area (Å²) < 4.78 is 16.9. The molecule has 34 heavy (non-hydrogen) atoms. The van der Waals surface area contributed by atoms with Gasteiger partial charge in [-0.05, 0) is 64.5 Å². The third-order valence-corrected chi connectivity index (χ3v) is 5.86. The van der Waals surface area contributed by atoms with Gasteiger partial charge in [-0.3, -0.25) is 4.79 Å². The van der Waals surface area contributed by atoms with Gasteiger partial charge < -0.3 is 35.7 Å². The monoisotopic (exact) mass is 469 g/mol. The Balaban J connectivity index is 1.75. The van der Waals surface area contributed by atoms with E-state index in [-0.39, 0.29) is 31.3 Å². The number of hydrogen-bond donors (Lipinski definition) is 4. The van der Waals surface area contributed by atoms with E-state index in [4.69, 9.17) is 25.1 Å². The molecule has 0 fully saturated rings. The molecule has 0 unspecified atom stereocenters. The fourth-order valence-corrected chi connectivity index (χ4v) is 3.73. The van der Waals surface area contributed by atoms with Crippen molar-refractivity contribution < 1.29 is 24.1 Å². The summed E-state index contributed by atoms with van der Waals surface area (Å²) in [4.78, 5) is 13.0. The number of ether oxygens (including phenoxy) is 3. The second kappa shape index (κ2) is 9.85. The molecule has 1 aliphatic heterocycles. The Morgan fingerprint density at radius 1 is 1.18 bits per heavy atom. The van der Waals surface area contributed by atoms with Crippen LogP contribution in [0.4, 0.5) is 5.69 Å². The maximum Gasteiger partial charge on any atom is 0.252 e. The van der Waals surface area contributed by atoms with Crippen molar-refractivity contribution in [1.29, 1.82) is 0 Å². The van der Waals surface area contributed by atoms with Gasteiger partial charge in [0.15, 0.2) is 0 Å². The van der Waals surface area contributed by atoms with Gasteiger partial charge in [-0.25, -0.2) is 0 Å². The van der Waals surface area contributed by atoms with Crippen LogP contribution in [0.1, 0.15) is 50.5 Å². The summed E-state index contributed by atoms with van der Waals surface area (Å²) in [5.74, 6) is 1.28. The van der Waals surface area contributed by atoms with Crippen molar-refractivity contribution in [2.24, 2.45) is 5.73 Å². The van der Waals surface area contributed by atoms with Crippen LogP contribution >= 0.6 is 0 Å². The Hall–Kier alpha value is -3.39. The second-order valence-corrected chi connectivity index (χ2v) is 9.56. The number of hydrogen-bond acceptors (Lipinski definition) is 7. The lowest BCUT2D eigenvalue weighted by Gasteiger charge is -2.36. The van der Waals surface area contributed by atoms with Gasteiger partial charge in [0.05, 0.1) is 30.4 Å². The Bertz CT molecular complexity index is 1090. The minimum absolute atomic E-state index is 0.123. The first kappa shape index (κ1) is 25.2. The fourth-order valence-electron chi connectivity index (χ4n) is 3.73. The van der Waals surface area contributed by atoms with Crippen molar-refractivity contribution in [3.8, 4) is 17.2 Å². The molecule has 0 saturated heterocycles. The van der Waals surface area contributed by atoms with Gasteiger partial charge in [0.25, 0.3) is 5.91 Å². The first-order chi connectivity index (χ1) is 16.0. The predicted molar refractivity (Wildman–Crippen MR) is 134 cm³/mol. The van der Waals surface area contributed by atoms with E-state index < -0.39 is 5.54 Å². The number of nitrogens with two attached hydrogens (primary N) is 1. The summed E-state index contributed by atoms with van der Waals surface area (Å²) in [5.41, 5.74) is 9.42. The summed E-state index contributed by atoms with van der Waals surface area (Å²) in [7, 11) is 1.52. The number of aliphatic hydroxyl groups excluding tert-OH is 1. The number of aliphatic hydroxyl groups is 1. The van der Waals surface area contributed by atoms with Crippen LogP contribution in [0.2, 0.25) is 0 Å². The number of carbonyl (C=O) groups excluding carboxylic acids is 1. The highest BCUT2D eigenvalue weighted by molar-refractivity contribution is 5.95. The van der Waals surface area contributed by atoms with Crippen molar-refractivity contribution in [3.63, 3.8) is 0 Å². The molecule has 0 saturated carbocycles. The van der Waals surface area contributed by atoms with Crippen LogP contribution in [0.5, 0.6) is 17.2 Å². The van der Waals surface area contributed by atoms with Crippen molar-refractivity contribution >= 4 is 17.3 Å². The Morgan fingerprint density at radius 2 is 1.88 bits per heavy atom. The summed E-state index contributed by atoms with van der Waals surface area (Å²) in [6, 6.07) is 10.7. The number of anilines is 1. The number of benzene rings is 2. The molecule has 1 aliphatic rings. The van der Waals surface area contributed by atoms with Gasteiger partial charge in [-0.1, -0.05) is 6.07 Å². The van der Waals surface area contributed by atoms with Crippen molar-refractivity contribution in [2.75, 3.05) is 32.2 Å². The molecule has 184 valence electrons. The van der Waals surface area contributed by atoms with Gasteiger partial charge in [0, 0.05) is 23.0 Å². The number of rotatable bonds is 9. The quantitative estimate of drug-likeness (QED) is 0.444. The molecule has 2 aromatic rings. The van der Waals surface area contributed by atoms with E-state index in [1.165, 1.54) is 7.11 Å². The van der Waals surface area contributed by atoms with Crippen LogP contribution in [0.3, 0.4) is 0 Å². The molecule has 0 radical (unpaired) electrons. The lowest BCUT2D eigenvalue weighted by molar-refractivity contribution is 0.0880. The number of fused-ring (bicyclic) bond motifs is 1. The summed E-state index contributed by atoms with van der Waals surface area (Å²) >= 11 is 0. The van der Waals surface area contributed by atoms with Gasteiger partial charge in [-0.2, -0.15) is 0 Å². The van der Waals surface area contributed by atoms with E-state index >= 15 is 0 Å². The zero-order valence-electron chi connectivity index (χ0n) is 20.7. The van der Waals surface area contributed by atoms with Crippen molar-refractivity contribution in [3.05, 3.63) is 53.1 Å². The van der Waals surface area contributed by atoms with Crippen LogP contribution in [0.25, 0.3) is 5.70 Å². The third-order valence-electron chi connectivity index (χ3n) is 5.86. The maximum absolute atomic E-state index is 13.0. The van der Waals surface area contributed by atoms with E-state index in [0.717, 1.165) is 16.8 Å². The normalized spacial score (nSPS) is 14.7. The SMILES string of the molecule is COc1cc(OCCO)cc(C(=O)NC(C)(C)COc2cccc3c2C(N)=C(C)C(C)(C)N3)c1. The molecular weight excluding hydrogens is 434 g/mol. The molecule has 5 N–H and O–H groups in total. The Kier molecular flexibility index (Phi) is 7.31. The van der Waals surface area contributed by atoms with E-state index in [1.807, 2.05) is 39.0 Å². The number of amides is 1. The largest absolute Gasteiger partial charge is 0.497 e. The highest BCUT2D eigenvalue weighted by Gasteiger charge is 2.31. The van der Waals surface area contributed by atoms with E-state index in [9.17, 15) is 4.79 Å². The second-order valence-electron chi connectivity index (χ2n) is 9.56. The number of nitrogens with one attached hydrogen (secondary N) is 2. The highest BCUT2D eigenvalue weighted by atomic mass is 16.5. The first-order valence-electron chi connectivity index (χ1n) is 11.2. The molecule has 8 heteroatoms. The first-order valence-corrected chi connectivity index (χ1v) is 11.2. The molecule has 0 atom stereocenters. The van der Waals surface area contributed by atoms with E-state index in [2.05, 4.69) is 24.5 Å². The topological polar surface area (TPSA) is 115 Å². The van der Waals surface area contributed by atoms with E-state index in [0.29, 0.717) is 28.5 Å². The number of carbonyl (C=O) groups is 1. The predicted octanol–water partition coefficient (Wildman–Crippen LogP) is 3.55. The average Bonchev–Trinajstić information content (AvgIpc) is 2.79. The van der Waals surface area contributed by atoms with Crippen LogP contribution < -0.4 is 30.6 Å². The van der Waals surface area contributed by atoms with Gasteiger partial charge in [-0.15, -0.1) is 0 Å². The molecule has 1 heterocycles. The molecule has 0 aromatic heterocycles. The molecule has 0 bridgehead atoms. The smallest absolute Gasteiger partial charge is 0.252 e. The van der Waals surface area contributed by atoms with Gasteiger partial charge in [0.1, 0.15) is 30.5 Å². The maximum atomic E-state index is 13.0. The number of methoxy groups -OCH3 is 1. The van der Waals surface area contributed by atoms with E-state index in [1.54, 1.807) is 18.2 Å². The van der Waals surface area contributed by atoms with Crippen LogP contribution in [-0.2, 0) is 0 Å². The molecule has 0 spiro atoms. The lowest BCUT2D eigenvalue weighted by atomic mass is 9.86. The highest BCUT2D eigenvalue weighted by Crippen LogP contribution is 2.41. The zero-order chi connectivity index (χ0) is 25.1. The summed E-state index contributed by atoms with van der Waals surface area (Å²) in [6.45, 7) is 10.2. The third kappa shape index (κ3) is 5.56. The van der Waals surface area contributed by atoms with Crippen LogP contribution in [-0.4, -0.2) is 49.0 Å². The fraction of sp³-hybridized carbons (Fsp3) is 0.423. The molecular formula is C26H35N3O5. The lowest BCUT2D eigenvalue weighted by Crippen LogP contribution is -2.48. The van der Waals surface area contributed by atoms with Crippen molar-refractivity contribution in [1.82, 2.24) is 5.32 Å². The minimum atomic E-state index is -0.691. The molecule has 0 aliphatic carbocycles. The zero-order valence-corrected chi connectivity index (χ0v) is 20.7. The average molecular weight is 470 g/mol. The standard InChI is InChI=1S/C26H35N3O5/c1-16-23(27)22-20(28-26(16,4)5)8-7-9-21(22)34-15-25(2,3)29-24(31)17-12-18(32-6)14-19(13-17)33-11-10-30/h7-9,12-14,28,30H,10-11,15,27H2,1-6H3,(H,29,31). The Labute approximate surface area is 201 Å². The van der Waals surface area contributed by atoms with Crippen LogP contribution in [0.15, 0.2) is 42.0 Å². The van der Waals surface area contributed by atoms with Gasteiger partial charge in [0.2, 0.25) is 0 Å². The van der Waals surface area contributed by atoms with Crippen LogP contribution in [0, 0.1) is 0 Å². The summed E-state index contributed by atoms with van der Waals surface area (Å²) in [6.07, 6.45) is 0. The van der Waals surface area contributed by atoms with Crippen molar-refractivity contribution in [2.45, 2.75) is 45.7 Å². The molecule has 1 amide bonds. The molecule has 8 nitrogen and oxygen atoms in total. The van der Waals surface area contributed by atoms with Gasteiger partial charge >= 0.3 is 0 Å². The minimum Gasteiger partial charge on any atom is -0.497 e. The molecule has 3 rings (SSSR count).